The van der Waals surface area contributed by atoms with E-state index in [0.717, 1.165) is 18.2 Å². The molecule has 0 aliphatic carbocycles. The van der Waals surface area contributed by atoms with Crippen LogP contribution in [0.5, 0.6) is 0 Å². The molecule has 36 heavy (non-hydrogen) atoms. The molecule has 0 saturated carbocycles. The highest BCUT2D eigenvalue weighted by Gasteiger charge is 2.39. The average molecular weight is 501 g/mol. The van der Waals surface area contributed by atoms with Crippen LogP contribution in [0, 0.1) is 20.2 Å². The Bertz CT molecular complexity index is 1390. The number of carbonyl (C=O) groups is 1. The fraction of sp³-hybridized carbons (Fsp3) is 0.0385. The second kappa shape index (κ2) is 10.3. The lowest BCUT2D eigenvalue weighted by molar-refractivity contribution is -0.394. The molecule has 1 N–H and O–H groups in total. The van der Waals surface area contributed by atoms with E-state index in [9.17, 15) is 25.0 Å². The van der Waals surface area contributed by atoms with Crippen molar-refractivity contribution in [2.24, 2.45) is 0 Å². The summed E-state index contributed by atoms with van der Waals surface area (Å²) in [5.74, 6) is -1.89. The molecule has 1 atom stereocenters. The van der Waals surface area contributed by atoms with Crippen molar-refractivity contribution in [3.63, 3.8) is 0 Å². The predicted molar refractivity (Wildman–Crippen MR) is 136 cm³/mol. The zero-order chi connectivity index (χ0) is 25.7. The molecule has 0 radical (unpaired) electrons. The molecule has 0 heterocycles. The molecular weight excluding hydrogens is 481 g/mol. The molecule has 4 aromatic rings. The molecular formula is C26H20N3O6P. The quantitative estimate of drug-likeness (QED) is 0.206. The second-order valence-electron chi connectivity index (χ2n) is 7.87. The van der Waals surface area contributed by atoms with Crippen molar-refractivity contribution in [1.29, 1.82) is 0 Å². The average Bonchev–Trinajstić information content (AvgIpc) is 2.92. The summed E-state index contributed by atoms with van der Waals surface area (Å²) in [5, 5.41) is 26.4. The van der Waals surface area contributed by atoms with Crippen molar-refractivity contribution in [2.75, 3.05) is 0 Å². The van der Waals surface area contributed by atoms with Crippen LogP contribution < -0.4 is 15.9 Å². The number of nitrogens with one attached hydrogen (secondary N) is 1. The van der Waals surface area contributed by atoms with Gasteiger partial charge in [-0.25, -0.2) is 0 Å². The molecule has 0 aliphatic heterocycles. The normalized spacial score (nSPS) is 11.9. The van der Waals surface area contributed by atoms with E-state index in [1.807, 2.05) is 0 Å². The van der Waals surface area contributed by atoms with Gasteiger partial charge in [0.05, 0.1) is 21.5 Å². The van der Waals surface area contributed by atoms with E-state index in [0.29, 0.717) is 16.2 Å². The smallest absolute Gasteiger partial charge is 0.277 e. The Hall–Kier alpha value is -4.62. The number of nitro benzene ring substituents is 2. The number of nitrogens with zero attached hydrogens (tertiary/aromatic N) is 2. The first kappa shape index (κ1) is 24.5. The first-order valence-electron chi connectivity index (χ1n) is 10.8. The minimum atomic E-state index is -3.59. The third-order valence-corrected chi connectivity index (χ3v) is 8.90. The fourth-order valence-corrected chi connectivity index (χ4v) is 6.93. The van der Waals surface area contributed by atoms with Gasteiger partial charge in [-0.05, 0) is 5.56 Å². The number of amides is 1. The van der Waals surface area contributed by atoms with Crippen LogP contribution in [0.25, 0.3) is 0 Å². The van der Waals surface area contributed by atoms with E-state index in [1.54, 1.807) is 91.0 Å². The highest BCUT2D eigenvalue weighted by atomic mass is 31.2. The maximum absolute atomic E-state index is 15.0. The van der Waals surface area contributed by atoms with Crippen molar-refractivity contribution in [3.8, 4) is 0 Å². The number of benzene rings is 4. The summed E-state index contributed by atoms with van der Waals surface area (Å²) in [6, 6.07) is 28.8. The summed E-state index contributed by atoms with van der Waals surface area (Å²) in [6.45, 7) is 0. The Morgan fingerprint density at radius 3 is 1.53 bits per heavy atom. The van der Waals surface area contributed by atoms with Gasteiger partial charge >= 0.3 is 0 Å². The number of non-ortho nitro benzene ring substituents is 2. The maximum atomic E-state index is 15.0. The van der Waals surface area contributed by atoms with Crippen LogP contribution in [0.3, 0.4) is 0 Å². The molecule has 1 amide bonds. The molecule has 4 rings (SSSR count). The molecule has 0 bridgehead atoms. The largest absolute Gasteiger partial charge is 0.338 e. The number of nitro groups is 2. The van der Waals surface area contributed by atoms with Crippen molar-refractivity contribution in [1.82, 2.24) is 5.32 Å². The Labute approximate surface area is 206 Å². The van der Waals surface area contributed by atoms with Gasteiger partial charge in [-0.1, -0.05) is 91.0 Å². The lowest BCUT2D eigenvalue weighted by atomic mass is 10.1. The van der Waals surface area contributed by atoms with Gasteiger partial charge in [0, 0.05) is 22.7 Å². The molecule has 0 aromatic heterocycles. The van der Waals surface area contributed by atoms with E-state index in [2.05, 4.69) is 5.32 Å². The minimum Gasteiger partial charge on any atom is -0.338 e. The molecule has 9 nitrogen and oxygen atoms in total. The van der Waals surface area contributed by atoms with Crippen LogP contribution >= 0.6 is 7.14 Å². The number of hydrogen-bond donors (Lipinski definition) is 1. The van der Waals surface area contributed by atoms with Crippen LogP contribution in [0.15, 0.2) is 109 Å². The van der Waals surface area contributed by atoms with Gasteiger partial charge in [0.1, 0.15) is 5.78 Å². The maximum Gasteiger partial charge on any atom is 0.277 e. The number of rotatable bonds is 8. The molecule has 1 unspecified atom stereocenters. The van der Waals surface area contributed by atoms with Gasteiger partial charge in [0.2, 0.25) is 0 Å². The minimum absolute atomic E-state index is 0.287. The first-order chi connectivity index (χ1) is 17.3. The molecule has 0 saturated heterocycles. The molecule has 180 valence electrons. The van der Waals surface area contributed by atoms with Gasteiger partial charge < -0.3 is 9.88 Å². The monoisotopic (exact) mass is 501 g/mol. The van der Waals surface area contributed by atoms with E-state index in [1.165, 1.54) is 0 Å². The van der Waals surface area contributed by atoms with Gasteiger partial charge in [-0.2, -0.15) is 0 Å². The Kier molecular flexibility index (Phi) is 7.03. The standard InChI is InChI=1S/C26H20N3O6P/c30-25(20-16-21(28(31)32)18-22(17-20)29(33)34)27-26(19-10-4-1-5-11-19)36(35,23-12-6-2-7-13-23)24-14-8-3-9-15-24/h1-18,26H,(H,27,30). The third-order valence-electron chi connectivity index (χ3n) is 5.61. The summed E-state index contributed by atoms with van der Waals surface area (Å²) < 4.78 is 15.0. The predicted octanol–water partition coefficient (Wildman–Crippen LogP) is 4.95. The van der Waals surface area contributed by atoms with Crippen LogP contribution in [-0.4, -0.2) is 15.8 Å². The summed E-state index contributed by atoms with van der Waals surface area (Å²) in [7, 11) is -3.59. The van der Waals surface area contributed by atoms with Crippen LogP contribution in [-0.2, 0) is 4.57 Å². The highest BCUT2D eigenvalue weighted by Crippen LogP contribution is 2.55. The van der Waals surface area contributed by atoms with Crippen molar-refractivity contribution in [3.05, 3.63) is 141 Å². The first-order valence-corrected chi connectivity index (χ1v) is 12.6. The van der Waals surface area contributed by atoms with Crippen molar-refractivity contribution < 1.29 is 19.2 Å². The number of hydrogen-bond acceptors (Lipinski definition) is 6. The van der Waals surface area contributed by atoms with Crippen LogP contribution in [0.1, 0.15) is 21.7 Å². The molecule has 0 spiro atoms. The summed E-state index contributed by atoms with van der Waals surface area (Å²) in [6.07, 6.45) is 0. The van der Waals surface area contributed by atoms with Crippen LogP contribution in [0.4, 0.5) is 11.4 Å². The molecule has 10 heteroatoms. The lowest BCUT2D eigenvalue weighted by Gasteiger charge is -2.30. The van der Waals surface area contributed by atoms with E-state index in [-0.39, 0.29) is 5.56 Å². The van der Waals surface area contributed by atoms with E-state index >= 15 is 4.57 Å². The molecule has 4 aromatic carbocycles. The molecule has 0 aliphatic rings. The fourth-order valence-electron chi connectivity index (χ4n) is 3.91. The SMILES string of the molecule is O=C(NC(c1ccccc1)P(=O)(c1ccccc1)c1ccccc1)c1cc([N+](=O)[O-])cc([N+](=O)[O-])c1. The van der Waals surface area contributed by atoms with Crippen LogP contribution in [0.2, 0.25) is 0 Å². The summed E-state index contributed by atoms with van der Waals surface area (Å²) >= 11 is 0. The molecule has 0 fully saturated rings. The van der Waals surface area contributed by atoms with E-state index in [4.69, 9.17) is 0 Å². The Morgan fingerprint density at radius 1 is 0.694 bits per heavy atom. The van der Waals surface area contributed by atoms with Gasteiger partial charge in [-0.3, -0.25) is 25.0 Å². The highest BCUT2D eigenvalue weighted by molar-refractivity contribution is 7.79. The lowest BCUT2D eigenvalue weighted by Crippen LogP contribution is -2.34. The number of carbonyl (C=O) groups excluding carboxylic acids is 1. The Morgan fingerprint density at radius 2 is 1.11 bits per heavy atom. The van der Waals surface area contributed by atoms with Crippen molar-refractivity contribution >= 4 is 35.0 Å². The van der Waals surface area contributed by atoms with Gasteiger partial charge in [0.25, 0.3) is 17.3 Å². The summed E-state index contributed by atoms with van der Waals surface area (Å²) in [4.78, 5) is 34.5. The van der Waals surface area contributed by atoms with Crippen molar-refractivity contribution in [2.45, 2.75) is 5.78 Å². The van der Waals surface area contributed by atoms with Gasteiger partial charge in [-0.15, -0.1) is 0 Å². The zero-order valence-corrected chi connectivity index (χ0v) is 19.7. The van der Waals surface area contributed by atoms with Gasteiger partial charge in [0.15, 0.2) is 7.14 Å². The van der Waals surface area contributed by atoms with E-state index < -0.39 is 40.1 Å². The summed E-state index contributed by atoms with van der Waals surface area (Å²) in [5.41, 5.74) is -0.939. The topological polar surface area (TPSA) is 132 Å². The zero-order valence-electron chi connectivity index (χ0n) is 18.8. The second-order valence-corrected chi connectivity index (χ2v) is 10.7. The Balaban J connectivity index is 1.88. The third kappa shape index (κ3) is 4.92.